The van der Waals surface area contributed by atoms with Crippen LogP contribution in [0.2, 0.25) is 0 Å². The first-order chi connectivity index (χ1) is 9.11. The molecule has 0 saturated carbocycles. The van der Waals surface area contributed by atoms with Crippen LogP contribution in [0.15, 0.2) is 33.7 Å². The second-order valence-electron chi connectivity index (χ2n) is 3.88. The van der Waals surface area contributed by atoms with E-state index in [0.29, 0.717) is 11.5 Å². The molecule has 19 heavy (non-hydrogen) atoms. The second kappa shape index (κ2) is 5.49. The van der Waals surface area contributed by atoms with Gasteiger partial charge in [-0.2, -0.15) is 0 Å². The van der Waals surface area contributed by atoms with Gasteiger partial charge in [-0.1, -0.05) is 5.16 Å². The van der Waals surface area contributed by atoms with Crippen molar-refractivity contribution in [1.29, 1.82) is 0 Å². The van der Waals surface area contributed by atoms with Crippen molar-refractivity contribution in [2.24, 2.45) is 0 Å². The summed E-state index contributed by atoms with van der Waals surface area (Å²) in [5.41, 5.74) is -0.328. The number of rotatable bonds is 5. The van der Waals surface area contributed by atoms with Crippen LogP contribution in [-0.4, -0.2) is 27.9 Å². The van der Waals surface area contributed by atoms with Crippen molar-refractivity contribution >= 4 is 5.97 Å². The van der Waals surface area contributed by atoms with Crippen molar-refractivity contribution in [3.63, 3.8) is 0 Å². The molecule has 7 nitrogen and oxygen atoms in total. The minimum absolute atomic E-state index is 0.146. The van der Waals surface area contributed by atoms with E-state index in [0.717, 1.165) is 0 Å². The maximum Gasteiger partial charge on any atom is 0.341 e. The third-order valence-electron chi connectivity index (χ3n) is 2.48. The minimum Gasteiger partial charge on any atom is -0.477 e. The fraction of sp³-hybridized carbons (Fsp3) is 0.250. The number of ether oxygens (including phenoxy) is 1. The van der Waals surface area contributed by atoms with Gasteiger partial charge < -0.3 is 18.9 Å². The predicted octanol–water partition coefficient (Wildman–Crippen LogP) is 0.729. The number of pyridine rings is 1. The van der Waals surface area contributed by atoms with Gasteiger partial charge in [-0.15, -0.1) is 0 Å². The molecule has 2 aromatic rings. The highest BCUT2D eigenvalue weighted by Gasteiger charge is 2.11. The summed E-state index contributed by atoms with van der Waals surface area (Å²) in [5.74, 6) is -0.709. The Morgan fingerprint density at radius 2 is 2.37 bits per heavy atom. The lowest BCUT2D eigenvalue weighted by Crippen LogP contribution is -2.26. The fourth-order valence-electron chi connectivity index (χ4n) is 1.64. The quantitative estimate of drug-likeness (QED) is 0.855. The smallest absolute Gasteiger partial charge is 0.341 e. The van der Waals surface area contributed by atoms with Crippen LogP contribution in [0, 0.1) is 0 Å². The lowest BCUT2D eigenvalue weighted by Gasteiger charge is -2.03. The summed E-state index contributed by atoms with van der Waals surface area (Å²) in [4.78, 5) is 22.7. The number of aromatic carboxylic acids is 1. The van der Waals surface area contributed by atoms with E-state index in [1.165, 1.54) is 30.0 Å². The molecule has 0 amide bonds. The van der Waals surface area contributed by atoms with Gasteiger partial charge in [-0.25, -0.2) is 4.79 Å². The van der Waals surface area contributed by atoms with Crippen LogP contribution in [-0.2, 0) is 17.9 Å². The summed E-state index contributed by atoms with van der Waals surface area (Å²) in [7, 11) is 1.53. The molecule has 100 valence electrons. The van der Waals surface area contributed by atoms with E-state index >= 15 is 0 Å². The van der Waals surface area contributed by atoms with Gasteiger partial charge in [0, 0.05) is 19.4 Å². The maximum absolute atomic E-state index is 11.8. The van der Waals surface area contributed by atoms with Crippen LogP contribution in [0.4, 0.5) is 0 Å². The van der Waals surface area contributed by atoms with Crippen molar-refractivity contribution < 1.29 is 19.2 Å². The van der Waals surface area contributed by atoms with Crippen LogP contribution >= 0.6 is 0 Å². The molecule has 0 atom stereocenters. The van der Waals surface area contributed by atoms with E-state index in [1.807, 2.05) is 0 Å². The zero-order chi connectivity index (χ0) is 13.8. The molecule has 1 N–H and O–H groups in total. The van der Waals surface area contributed by atoms with Crippen LogP contribution in [0.5, 0.6) is 0 Å². The highest BCUT2D eigenvalue weighted by atomic mass is 16.5. The van der Waals surface area contributed by atoms with Crippen LogP contribution in [0.3, 0.4) is 0 Å². The summed E-state index contributed by atoms with van der Waals surface area (Å²) in [6.45, 7) is 0.435. The third-order valence-corrected chi connectivity index (χ3v) is 2.48. The highest BCUT2D eigenvalue weighted by molar-refractivity contribution is 5.86. The molecule has 2 heterocycles. The van der Waals surface area contributed by atoms with Gasteiger partial charge in [0.1, 0.15) is 17.9 Å². The van der Waals surface area contributed by atoms with Crippen LogP contribution < -0.4 is 5.56 Å². The molecule has 0 aliphatic heterocycles. The van der Waals surface area contributed by atoms with E-state index < -0.39 is 11.5 Å². The van der Waals surface area contributed by atoms with Crippen molar-refractivity contribution in [2.75, 3.05) is 7.11 Å². The van der Waals surface area contributed by atoms with Crippen LogP contribution in [0.1, 0.15) is 21.8 Å². The van der Waals surface area contributed by atoms with Crippen molar-refractivity contribution in [3.8, 4) is 0 Å². The monoisotopic (exact) mass is 264 g/mol. The normalized spacial score (nSPS) is 10.6. The molecule has 7 heteroatoms. The van der Waals surface area contributed by atoms with E-state index in [9.17, 15) is 9.59 Å². The summed E-state index contributed by atoms with van der Waals surface area (Å²) in [6, 6.07) is 4.42. The average molecular weight is 264 g/mol. The first-order valence-electron chi connectivity index (χ1n) is 5.48. The zero-order valence-corrected chi connectivity index (χ0v) is 10.2. The molecule has 0 aromatic carbocycles. The molecule has 0 aliphatic carbocycles. The largest absolute Gasteiger partial charge is 0.477 e. The van der Waals surface area contributed by atoms with E-state index in [4.69, 9.17) is 14.4 Å². The molecule has 2 aromatic heterocycles. The lowest BCUT2D eigenvalue weighted by molar-refractivity contribution is 0.0694. The van der Waals surface area contributed by atoms with E-state index in [1.54, 1.807) is 6.07 Å². The molecule has 0 saturated heterocycles. The highest BCUT2D eigenvalue weighted by Crippen LogP contribution is 2.06. The molecular formula is C12H12N2O5. The number of carbonyl (C=O) groups is 1. The fourth-order valence-corrected chi connectivity index (χ4v) is 1.64. The Hall–Kier alpha value is -2.41. The predicted molar refractivity (Wildman–Crippen MR) is 64.0 cm³/mol. The van der Waals surface area contributed by atoms with Gasteiger partial charge in [0.25, 0.3) is 5.56 Å². The Bertz CT molecular complexity index is 644. The van der Waals surface area contributed by atoms with E-state index in [2.05, 4.69) is 5.16 Å². The summed E-state index contributed by atoms with van der Waals surface area (Å²) in [6.07, 6.45) is 1.50. The van der Waals surface area contributed by atoms with Gasteiger partial charge in [0.2, 0.25) is 0 Å². The Morgan fingerprint density at radius 3 is 3.05 bits per heavy atom. The number of methoxy groups -OCH3 is 1. The third kappa shape index (κ3) is 2.89. The van der Waals surface area contributed by atoms with Gasteiger partial charge in [-0.05, 0) is 12.1 Å². The summed E-state index contributed by atoms with van der Waals surface area (Å²) < 4.78 is 11.1. The maximum atomic E-state index is 11.8. The SMILES string of the molecule is COCc1cc(Cn2cccc(C(=O)O)c2=O)no1. The number of aromatic nitrogens is 2. The minimum atomic E-state index is -1.25. The molecular weight excluding hydrogens is 252 g/mol. The molecule has 2 rings (SSSR count). The van der Waals surface area contributed by atoms with Crippen molar-refractivity contribution in [1.82, 2.24) is 9.72 Å². The molecule has 0 bridgehead atoms. The van der Waals surface area contributed by atoms with Crippen molar-refractivity contribution in [2.45, 2.75) is 13.2 Å². The summed E-state index contributed by atoms with van der Waals surface area (Å²) >= 11 is 0. The first kappa shape index (κ1) is 13.0. The number of carboxylic acid groups (broad SMARTS) is 1. The van der Waals surface area contributed by atoms with Crippen LogP contribution in [0.25, 0.3) is 0 Å². The van der Waals surface area contributed by atoms with Crippen molar-refractivity contribution in [3.05, 3.63) is 51.8 Å². The van der Waals surface area contributed by atoms with Gasteiger partial charge in [0.05, 0.1) is 6.54 Å². The average Bonchev–Trinajstić information content (AvgIpc) is 2.79. The molecule has 0 unspecified atom stereocenters. The molecule has 0 fully saturated rings. The first-order valence-corrected chi connectivity index (χ1v) is 5.48. The summed E-state index contributed by atoms with van der Waals surface area (Å²) in [5, 5.41) is 12.6. The zero-order valence-electron chi connectivity index (χ0n) is 10.2. The van der Waals surface area contributed by atoms with Gasteiger partial charge >= 0.3 is 5.97 Å². The lowest BCUT2D eigenvalue weighted by atomic mass is 10.2. The number of nitrogens with zero attached hydrogens (tertiary/aromatic N) is 2. The molecule has 0 radical (unpaired) electrons. The Morgan fingerprint density at radius 1 is 1.58 bits per heavy atom. The Labute approximate surface area is 108 Å². The Kier molecular flexibility index (Phi) is 3.76. The topological polar surface area (TPSA) is 94.6 Å². The molecule has 0 spiro atoms. The van der Waals surface area contributed by atoms with Gasteiger partial charge in [-0.3, -0.25) is 4.79 Å². The number of hydrogen-bond donors (Lipinski definition) is 1. The number of carboxylic acids is 1. The van der Waals surface area contributed by atoms with E-state index in [-0.39, 0.29) is 18.7 Å². The Balaban J connectivity index is 2.25. The second-order valence-corrected chi connectivity index (χ2v) is 3.88. The number of hydrogen-bond acceptors (Lipinski definition) is 5. The standard InChI is InChI=1S/C12H12N2O5/c1-18-7-9-5-8(13-19-9)6-14-4-2-3-10(11(14)15)12(16)17/h2-5H,6-7H2,1H3,(H,16,17). The molecule has 0 aliphatic rings. The van der Waals surface area contributed by atoms with Gasteiger partial charge in [0.15, 0.2) is 5.76 Å².